The third-order valence-electron chi connectivity index (χ3n) is 6.23. The number of anilines is 1. The molecular formula is C29H25BrClN5O3S. The van der Waals surface area contributed by atoms with Crippen molar-refractivity contribution in [2.24, 2.45) is 0 Å². The Morgan fingerprint density at radius 2 is 1.65 bits per heavy atom. The Morgan fingerprint density at radius 3 is 2.42 bits per heavy atom. The van der Waals surface area contributed by atoms with Gasteiger partial charge in [0.25, 0.3) is 0 Å². The maximum Gasteiger partial charge on any atom is 0.221 e. The first kappa shape index (κ1) is 27.8. The second-order valence-electron chi connectivity index (χ2n) is 9.07. The van der Waals surface area contributed by atoms with Crippen LogP contribution in [0.2, 0.25) is 5.02 Å². The van der Waals surface area contributed by atoms with E-state index in [9.17, 15) is 13.2 Å². The summed E-state index contributed by atoms with van der Waals surface area (Å²) >= 11 is 9.95. The summed E-state index contributed by atoms with van der Waals surface area (Å²) in [4.78, 5) is 17.3. The average Bonchev–Trinajstić information content (AvgIpc) is 3.35. The van der Waals surface area contributed by atoms with Gasteiger partial charge in [0, 0.05) is 36.2 Å². The van der Waals surface area contributed by atoms with Crippen molar-refractivity contribution in [3.63, 3.8) is 0 Å². The average molecular weight is 639 g/mol. The Bertz CT molecular complexity index is 1780. The van der Waals surface area contributed by atoms with Crippen LogP contribution in [0.1, 0.15) is 17.5 Å². The molecule has 0 aliphatic rings. The van der Waals surface area contributed by atoms with Crippen molar-refractivity contribution in [1.82, 2.24) is 19.9 Å². The number of nitrogens with zero attached hydrogens (tertiary/aromatic N) is 3. The molecule has 0 aliphatic heterocycles. The van der Waals surface area contributed by atoms with Crippen LogP contribution in [0.3, 0.4) is 0 Å². The van der Waals surface area contributed by atoms with Gasteiger partial charge >= 0.3 is 0 Å². The standard InChI is InChI=1S/C29H25BrClN5O3S/c30-24-19-34-36-27(16-26(35-29(24)36)23-11-4-5-12-25(23)31)32-17-20-7-6-8-21(15-20)18-33-28(37)13-14-40(38,39)22-9-2-1-3-10-22/h1-12,15-16,19,32H,13-14,17-18H2,(H,33,37). The SMILES string of the molecule is O=C(CCS(=O)(=O)c1ccccc1)NCc1cccc(CNc2cc(-c3ccccc3Cl)nc3c(Br)cnn23)c1. The molecule has 204 valence electrons. The van der Waals surface area contributed by atoms with Crippen LogP contribution in [0.15, 0.2) is 100 Å². The Kier molecular flexibility index (Phi) is 8.49. The van der Waals surface area contributed by atoms with E-state index in [0.717, 1.165) is 27.0 Å². The fourth-order valence-corrected chi connectivity index (χ4v) is 6.02. The van der Waals surface area contributed by atoms with E-state index in [4.69, 9.17) is 16.6 Å². The summed E-state index contributed by atoms with van der Waals surface area (Å²) in [5.41, 5.74) is 4.08. The highest BCUT2D eigenvalue weighted by atomic mass is 79.9. The second-order valence-corrected chi connectivity index (χ2v) is 12.4. The van der Waals surface area contributed by atoms with Gasteiger partial charge in [-0.2, -0.15) is 9.61 Å². The molecule has 8 nitrogen and oxygen atoms in total. The van der Waals surface area contributed by atoms with Crippen LogP contribution in [-0.4, -0.2) is 34.7 Å². The zero-order valence-corrected chi connectivity index (χ0v) is 24.4. The van der Waals surface area contributed by atoms with Gasteiger partial charge in [0.1, 0.15) is 5.82 Å². The molecule has 0 bridgehead atoms. The predicted molar refractivity (Wildman–Crippen MR) is 160 cm³/mol. The molecule has 11 heteroatoms. The van der Waals surface area contributed by atoms with E-state index in [1.807, 2.05) is 54.6 Å². The van der Waals surface area contributed by atoms with Crippen LogP contribution < -0.4 is 10.6 Å². The summed E-state index contributed by atoms with van der Waals surface area (Å²) < 4.78 is 27.4. The fraction of sp³-hybridized carbons (Fsp3) is 0.138. The van der Waals surface area contributed by atoms with Crippen LogP contribution in [0.5, 0.6) is 0 Å². The second kappa shape index (κ2) is 12.2. The molecule has 0 unspecified atom stereocenters. The minimum absolute atomic E-state index is 0.107. The van der Waals surface area contributed by atoms with Gasteiger partial charge in [0.2, 0.25) is 5.91 Å². The van der Waals surface area contributed by atoms with E-state index in [1.165, 1.54) is 12.1 Å². The smallest absolute Gasteiger partial charge is 0.221 e. The van der Waals surface area contributed by atoms with Gasteiger partial charge in [0.15, 0.2) is 15.5 Å². The maximum atomic E-state index is 12.4. The third kappa shape index (κ3) is 6.52. The quantitative estimate of drug-likeness (QED) is 0.197. The van der Waals surface area contributed by atoms with Gasteiger partial charge in [-0.05, 0) is 45.3 Å². The lowest BCUT2D eigenvalue weighted by atomic mass is 10.1. The molecule has 0 fully saturated rings. The van der Waals surface area contributed by atoms with E-state index in [0.29, 0.717) is 29.5 Å². The number of benzene rings is 3. The largest absolute Gasteiger partial charge is 0.366 e. The summed E-state index contributed by atoms with van der Waals surface area (Å²) in [5.74, 6) is 0.176. The van der Waals surface area contributed by atoms with Crippen molar-refractivity contribution >= 4 is 54.7 Å². The molecule has 3 aromatic carbocycles. The van der Waals surface area contributed by atoms with Crippen molar-refractivity contribution < 1.29 is 13.2 Å². The van der Waals surface area contributed by atoms with Gasteiger partial charge in [0.05, 0.1) is 27.0 Å². The third-order valence-corrected chi connectivity index (χ3v) is 8.85. The minimum Gasteiger partial charge on any atom is -0.366 e. The van der Waals surface area contributed by atoms with Crippen LogP contribution in [-0.2, 0) is 27.7 Å². The molecule has 0 saturated heterocycles. The Balaban J connectivity index is 1.23. The summed E-state index contributed by atoms with van der Waals surface area (Å²) in [6.07, 6.45) is 1.59. The summed E-state index contributed by atoms with van der Waals surface area (Å²) in [6.45, 7) is 0.788. The van der Waals surface area contributed by atoms with Gasteiger partial charge in [-0.15, -0.1) is 0 Å². The van der Waals surface area contributed by atoms with Crippen molar-refractivity contribution in [1.29, 1.82) is 0 Å². The molecule has 2 heterocycles. The van der Waals surface area contributed by atoms with E-state index in [1.54, 1.807) is 28.9 Å². The maximum absolute atomic E-state index is 12.4. The van der Waals surface area contributed by atoms with Crippen molar-refractivity contribution in [3.05, 3.63) is 112 Å². The van der Waals surface area contributed by atoms with Gasteiger partial charge in [-0.3, -0.25) is 4.79 Å². The molecule has 0 aliphatic carbocycles. The van der Waals surface area contributed by atoms with Gasteiger partial charge in [-0.1, -0.05) is 72.3 Å². The molecule has 0 spiro atoms. The zero-order valence-electron chi connectivity index (χ0n) is 21.2. The lowest BCUT2D eigenvalue weighted by Crippen LogP contribution is -2.25. The van der Waals surface area contributed by atoms with Gasteiger partial charge < -0.3 is 10.6 Å². The first-order valence-corrected chi connectivity index (χ1v) is 15.3. The highest BCUT2D eigenvalue weighted by molar-refractivity contribution is 9.10. The van der Waals surface area contributed by atoms with Crippen molar-refractivity contribution in [3.8, 4) is 11.3 Å². The summed E-state index contributed by atoms with van der Waals surface area (Å²) in [7, 11) is -3.51. The van der Waals surface area contributed by atoms with Crippen molar-refractivity contribution in [2.75, 3.05) is 11.1 Å². The Morgan fingerprint density at radius 1 is 0.925 bits per heavy atom. The number of fused-ring (bicyclic) bond motifs is 1. The monoisotopic (exact) mass is 637 g/mol. The molecule has 2 N–H and O–H groups in total. The lowest BCUT2D eigenvalue weighted by molar-refractivity contribution is -0.120. The van der Waals surface area contributed by atoms with Gasteiger partial charge in [-0.25, -0.2) is 13.4 Å². The molecule has 40 heavy (non-hydrogen) atoms. The van der Waals surface area contributed by atoms with E-state index >= 15 is 0 Å². The number of hydrogen-bond acceptors (Lipinski definition) is 6. The number of halogens is 2. The predicted octanol–water partition coefficient (Wildman–Crippen LogP) is 5.90. The van der Waals surface area contributed by atoms with Crippen LogP contribution in [0, 0.1) is 0 Å². The molecule has 0 saturated carbocycles. The molecule has 0 atom stereocenters. The molecular weight excluding hydrogens is 614 g/mol. The number of nitrogens with one attached hydrogen (secondary N) is 2. The zero-order chi connectivity index (χ0) is 28.1. The first-order valence-electron chi connectivity index (χ1n) is 12.5. The van der Waals surface area contributed by atoms with Crippen molar-refractivity contribution in [2.45, 2.75) is 24.4 Å². The number of aromatic nitrogens is 3. The lowest BCUT2D eigenvalue weighted by Gasteiger charge is -2.12. The summed E-state index contributed by atoms with van der Waals surface area (Å²) in [6, 6.07) is 25.4. The number of rotatable bonds is 10. The number of hydrogen-bond donors (Lipinski definition) is 2. The van der Waals surface area contributed by atoms with E-state index in [2.05, 4.69) is 31.7 Å². The highest BCUT2D eigenvalue weighted by Gasteiger charge is 2.16. The Hall–Kier alpha value is -3.73. The molecule has 1 amide bonds. The normalized spacial score (nSPS) is 11.4. The molecule has 0 radical (unpaired) electrons. The molecule has 5 rings (SSSR count). The highest BCUT2D eigenvalue weighted by Crippen LogP contribution is 2.30. The topological polar surface area (TPSA) is 105 Å². The van der Waals surface area contributed by atoms with Crippen LogP contribution in [0.25, 0.3) is 16.9 Å². The summed E-state index contributed by atoms with van der Waals surface area (Å²) in [5, 5.41) is 11.3. The number of amides is 1. The van der Waals surface area contributed by atoms with E-state index in [-0.39, 0.29) is 23.0 Å². The fourth-order valence-electron chi connectivity index (χ4n) is 4.17. The first-order chi connectivity index (χ1) is 19.3. The van der Waals surface area contributed by atoms with Crippen LogP contribution in [0.4, 0.5) is 5.82 Å². The number of carbonyl (C=O) groups excluding carboxylic acids is 1. The molecule has 5 aromatic rings. The van der Waals surface area contributed by atoms with Crippen LogP contribution >= 0.6 is 27.5 Å². The number of sulfone groups is 1. The Labute approximate surface area is 245 Å². The van der Waals surface area contributed by atoms with E-state index < -0.39 is 9.84 Å². The molecule has 2 aromatic heterocycles. The minimum atomic E-state index is -3.51. The number of carbonyl (C=O) groups is 1.